The van der Waals surface area contributed by atoms with Crippen LogP contribution in [0.25, 0.3) is 0 Å². The van der Waals surface area contributed by atoms with Gasteiger partial charge < -0.3 is 10.0 Å². The van der Waals surface area contributed by atoms with Gasteiger partial charge >= 0.3 is 5.97 Å². The highest BCUT2D eigenvalue weighted by molar-refractivity contribution is 5.98. The molecule has 1 aliphatic carbocycles. The van der Waals surface area contributed by atoms with Gasteiger partial charge in [-0.1, -0.05) is 12.1 Å². The van der Waals surface area contributed by atoms with Gasteiger partial charge in [0, 0.05) is 25.5 Å². The number of nitrogens with zero attached hydrogens (tertiary/aromatic N) is 1. The zero-order valence-electron chi connectivity index (χ0n) is 12.1. The molecular weight excluding hydrogens is 270 g/mol. The van der Waals surface area contributed by atoms with Crippen molar-refractivity contribution in [2.75, 3.05) is 13.6 Å². The van der Waals surface area contributed by atoms with E-state index in [9.17, 15) is 14.4 Å². The number of amides is 1. The summed E-state index contributed by atoms with van der Waals surface area (Å²) in [5.74, 6) is -1.45. The van der Waals surface area contributed by atoms with E-state index in [1.165, 1.54) is 18.2 Å². The lowest BCUT2D eigenvalue weighted by atomic mass is 10.0. The van der Waals surface area contributed by atoms with Crippen molar-refractivity contribution in [3.63, 3.8) is 0 Å². The van der Waals surface area contributed by atoms with Crippen molar-refractivity contribution in [2.45, 2.75) is 32.1 Å². The molecule has 1 N–H and O–H groups in total. The Kier molecular flexibility index (Phi) is 4.73. The van der Waals surface area contributed by atoms with Crippen molar-refractivity contribution < 1.29 is 19.5 Å². The van der Waals surface area contributed by atoms with Gasteiger partial charge in [0.15, 0.2) is 5.78 Å². The molecule has 21 heavy (non-hydrogen) atoms. The molecule has 1 aromatic carbocycles. The molecule has 0 spiro atoms. The summed E-state index contributed by atoms with van der Waals surface area (Å²) in [6.07, 6.45) is 3.37. The van der Waals surface area contributed by atoms with Crippen LogP contribution in [-0.4, -0.2) is 41.3 Å². The van der Waals surface area contributed by atoms with Crippen LogP contribution < -0.4 is 0 Å². The summed E-state index contributed by atoms with van der Waals surface area (Å²) < 4.78 is 0. The predicted molar refractivity (Wildman–Crippen MR) is 77.3 cm³/mol. The van der Waals surface area contributed by atoms with Crippen LogP contribution in [0, 0.1) is 0 Å². The highest BCUT2D eigenvalue weighted by atomic mass is 16.4. The van der Waals surface area contributed by atoms with Crippen LogP contribution in [0.15, 0.2) is 18.2 Å². The number of carbonyl (C=O) groups is 3. The number of carboxylic acids is 1. The summed E-state index contributed by atoms with van der Waals surface area (Å²) in [5, 5.41) is 8.62. The molecule has 5 heteroatoms. The second-order valence-corrected chi connectivity index (χ2v) is 5.40. The molecule has 0 unspecified atom stereocenters. The van der Waals surface area contributed by atoms with Gasteiger partial charge in [-0.25, -0.2) is 0 Å². The fourth-order valence-electron chi connectivity index (χ4n) is 2.59. The van der Waals surface area contributed by atoms with Crippen molar-refractivity contribution in [3.05, 3.63) is 34.9 Å². The van der Waals surface area contributed by atoms with Crippen LogP contribution in [0.3, 0.4) is 0 Å². The Bertz CT molecular complexity index is 580. The van der Waals surface area contributed by atoms with Gasteiger partial charge in [-0.05, 0) is 36.5 Å². The first-order chi connectivity index (χ1) is 9.97. The Labute approximate surface area is 123 Å². The molecule has 0 heterocycles. The highest BCUT2D eigenvalue weighted by Crippen LogP contribution is 2.23. The zero-order valence-corrected chi connectivity index (χ0v) is 12.1. The van der Waals surface area contributed by atoms with Gasteiger partial charge in [0.05, 0.1) is 0 Å². The van der Waals surface area contributed by atoms with E-state index in [-0.39, 0.29) is 31.1 Å². The average molecular weight is 289 g/mol. The van der Waals surface area contributed by atoms with Crippen LogP contribution in [0.4, 0.5) is 0 Å². The molecule has 0 saturated carbocycles. The van der Waals surface area contributed by atoms with Gasteiger partial charge in [-0.2, -0.15) is 0 Å². The smallest absolute Gasteiger partial charge is 0.323 e. The standard InChI is InChI=1S/C16H19NO4/c1-17(10-16(20)21)15(19)8-7-14(18)13-6-5-11-3-2-4-12(11)9-13/h5-6,9H,2-4,7-8,10H2,1H3,(H,20,21). The van der Waals surface area contributed by atoms with E-state index in [4.69, 9.17) is 5.11 Å². The number of fused-ring (bicyclic) bond motifs is 1. The molecule has 112 valence electrons. The fraction of sp³-hybridized carbons (Fsp3) is 0.438. The van der Waals surface area contributed by atoms with Crippen LogP contribution >= 0.6 is 0 Å². The number of ketones is 1. The summed E-state index contributed by atoms with van der Waals surface area (Å²) >= 11 is 0. The van der Waals surface area contributed by atoms with Crippen molar-refractivity contribution in [2.24, 2.45) is 0 Å². The summed E-state index contributed by atoms with van der Waals surface area (Å²) in [4.78, 5) is 35.5. The Balaban J connectivity index is 1.90. The first-order valence-corrected chi connectivity index (χ1v) is 7.08. The molecular formula is C16H19NO4. The Morgan fingerprint density at radius 1 is 1.14 bits per heavy atom. The third-order valence-corrected chi connectivity index (χ3v) is 3.78. The minimum atomic E-state index is -1.06. The minimum Gasteiger partial charge on any atom is -0.480 e. The molecule has 0 saturated heterocycles. The number of hydrogen-bond acceptors (Lipinski definition) is 3. The molecule has 0 aliphatic heterocycles. The number of carbonyl (C=O) groups excluding carboxylic acids is 2. The monoisotopic (exact) mass is 289 g/mol. The van der Waals surface area contributed by atoms with E-state index in [2.05, 4.69) is 0 Å². The number of aliphatic carboxylic acids is 1. The van der Waals surface area contributed by atoms with Gasteiger partial charge in [-0.3, -0.25) is 14.4 Å². The highest BCUT2D eigenvalue weighted by Gasteiger charge is 2.17. The topological polar surface area (TPSA) is 74.7 Å². The second-order valence-electron chi connectivity index (χ2n) is 5.40. The molecule has 1 aliphatic rings. The summed E-state index contributed by atoms with van der Waals surface area (Å²) in [7, 11) is 1.43. The molecule has 1 amide bonds. The van der Waals surface area contributed by atoms with E-state index in [0.717, 1.165) is 24.2 Å². The molecule has 2 rings (SSSR count). The van der Waals surface area contributed by atoms with Gasteiger partial charge in [0.1, 0.15) is 6.54 Å². The van der Waals surface area contributed by atoms with Gasteiger partial charge in [-0.15, -0.1) is 0 Å². The van der Waals surface area contributed by atoms with Crippen molar-refractivity contribution >= 4 is 17.7 Å². The number of hydrogen-bond donors (Lipinski definition) is 1. The van der Waals surface area contributed by atoms with Crippen LogP contribution in [0.1, 0.15) is 40.7 Å². The number of aryl methyl sites for hydroxylation is 2. The molecule has 0 bridgehead atoms. The van der Waals surface area contributed by atoms with E-state index >= 15 is 0 Å². The Morgan fingerprint density at radius 3 is 2.57 bits per heavy atom. The average Bonchev–Trinajstić information content (AvgIpc) is 2.90. The van der Waals surface area contributed by atoms with E-state index in [1.807, 2.05) is 18.2 Å². The second kappa shape index (κ2) is 6.52. The lowest BCUT2D eigenvalue weighted by Crippen LogP contribution is -2.32. The molecule has 0 atom stereocenters. The molecule has 5 nitrogen and oxygen atoms in total. The molecule has 0 fully saturated rings. The van der Waals surface area contributed by atoms with Crippen LogP contribution in [0.5, 0.6) is 0 Å². The third kappa shape index (κ3) is 3.90. The lowest BCUT2D eigenvalue weighted by Gasteiger charge is -2.14. The van der Waals surface area contributed by atoms with E-state index < -0.39 is 5.97 Å². The molecule has 0 aromatic heterocycles. The van der Waals surface area contributed by atoms with Crippen molar-refractivity contribution in [1.82, 2.24) is 4.90 Å². The quantitative estimate of drug-likeness (QED) is 0.809. The Morgan fingerprint density at radius 2 is 1.86 bits per heavy atom. The van der Waals surface area contributed by atoms with Crippen molar-refractivity contribution in [1.29, 1.82) is 0 Å². The lowest BCUT2D eigenvalue weighted by molar-refractivity contribution is -0.143. The fourth-order valence-corrected chi connectivity index (χ4v) is 2.59. The number of carboxylic acid groups (broad SMARTS) is 1. The van der Waals surface area contributed by atoms with Crippen LogP contribution in [0.2, 0.25) is 0 Å². The Hall–Kier alpha value is -2.17. The van der Waals surface area contributed by atoms with Crippen molar-refractivity contribution in [3.8, 4) is 0 Å². The largest absolute Gasteiger partial charge is 0.480 e. The van der Waals surface area contributed by atoms with Crippen LogP contribution in [-0.2, 0) is 22.4 Å². The third-order valence-electron chi connectivity index (χ3n) is 3.78. The predicted octanol–water partition coefficient (Wildman–Crippen LogP) is 1.68. The SMILES string of the molecule is CN(CC(=O)O)C(=O)CCC(=O)c1ccc2c(c1)CCC2. The van der Waals surface area contributed by atoms with Gasteiger partial charge in [0.2, 0.25) is 5.91 Å². The minimum absolute atomic E-state index is 0.0414. The van der Waals surface area contributed by atoms with E-state index in [0.29, 0.717) is 5.56 Å². The maximum absolute atomic E-state index is 12.1. The normalized spacial score (nSPS) is 12.8. The number of Topliss-reactive ketones (excluding diaryl/α,β-unsaturated/α-hetero) is 1. The maximum Gasteiger partial charge on any atom is 0.323 e. The summed E-state index contributed by atoms with van der Waals surface area (Å²) in [6, 6.07) is 5.74. The first-order valence-electron chi connectivity index (χ1n) is 7.08. The summed E-state index contributed by atoms with van der Waals surface area (Å²) in [6.45, 7) is -0.341. The first kappa shape index (κ1) is 15.2. The number of benzene rings is 1. The summed E-state index contributed by atoms with van der Waals surface area (Å²) in [5.41, 5.74) is 3.18. The number of rotatable bonds is 6. The number of likely N-dealkylation sites (N-methyl/N-ethyl adjacent to an activating group) is 1. The zero-order chi connectivity index (χ0) is 15.4. The van der Waals surface area contributed by atoms with Gasteiger partial charge in [0.25, 0.3) is 0 Å². The maximum atomic E-state index is 12.1. The molecule has 0 radical (unpaired) electrons. The van der Waals surface area contributed by atoms with E-state index in [1.54, 1.807) is 0 Å². The molecule has 1 aromatic rings.